The van der Waals surface area contributed by atoms with Gasteiger partial charge in [0.15, 0.2) is 5.82 Å². The van der Waals surface area contributed by atoms with E-state index in [-0.39, 0.29) is 16.8 Å². The van der Waals surface area contributed by atoms with Crippen molar-refractivity contribution in [2.75, 3.05) is 12.3 Å². The van der Waals surface area contributed by atoms with Gasteiger partial charge in [-0.05, 0) is 12.8 Å². The number of tetrazole rings is 1. The van der Waals surface area contributed by atoms with Gasteiger partial charge in [-0.3, -0.25) is 4.79 Å². The molecule has 2 N–H and O–H groups in total. The van der Waals surface area contributed by atoms with E-state index in [4.69, 9.17) is 0 Å². The zero-order chi connectivity index (χ0) is 21.4. The number of hydrogen-bond acceptors (Lipinski definition) is 6. The SMILES string of the molecule is O=C1SCC(/C=C/C(O)C(F)(F)c2ccccc2)N1CCCCCCc1nn[nH]n1. The number of H-pyrrole nitrogens is 1. The first-order valence-corrected chi connectivity index (χ1v) is 10.9. The monoisotopic (exact) mass is 437 g/mol. The first-order valence-electron chi connectivity index (χ1n) is 9.94. The summed E-state index contributed by atoms with van der Waals surface area (Å²) in [5, 5.41) is 23.7. The number of aliphatic hydroxyl groups excluding tert-OH is 1. The molecule has 0 aliphatic carbocycles. The van der Waals surface area contributed by atoms with E-state index in [2.05, 4.69) is 20.6 Å². The number of thioether (sulfide) groups is 1. The molecule has 1 aliphatic heterocycles. The Balaban J connectivity index is 1.45. The number of nitrogens with zero attached hydrogens (tertiary/aromatic N) is 4. The number of aromatic amines is 1. The van der Waals surface area contributed by atoms with E-state index in [0.717, 1.165) is 38.2 Å². The van der Waals surface area contributed by atoms with E-state index < -0.39 is 12.0 Å². The largest absolute Gasteiger partial charge is 0.382 e. The minimum atomic E-state index is -3.39. The molecule has 30 heavy (non-hydrogen) atoms. The lowest BCUT2D eigenvalue weighted by Crippen LogP contribution is -2.34. The summed E-state index contributed by atoms with van der Waals surface area (Å²) in [4.78, 5) is 13.8. The highest BCUT2D eigenvalue weighted by Crippen LogP contribution is 2.33. The number of aromatic nitrogens is 4. The summed E-state index contributed by atoms with van der Waals surface area (Å²) in [5.74, 6) is -2.20. The van der Waals surface area contributed by atoms with Gasteiger partial charge in [-0.25, -0.2) is 0 Å². The van der Waals surface area contributed by atoms with Crippen molar-refractivity contribution in [3.8, 4) is 0 Å². The minimum absolute atomic E-state index is 0.0549. The van der Waals surface area contributed by atoms with E-state index >= 15 is 0 Å². The average molecular weight is 438 g/mol. The highest BCUT2D eigenvalue weighted by Gasteiger charge is 2.39. The van der Waals surface area contributed by atoms with Crippen molar-refractivity contribution < 1.29 is 18.7 Å². The summed E-state index contributed by atoms with van der Waals surface area (Å²) in [6, 6.07) is 6.95. The highest BCUT2D eigenvalue weighted by atomic mass is 32.2. The Hall–Kier alpha value is -2.33. The van der Waals surface area contributed by atoms with Crippen LogP contribution in [0.3, 0.4) is 0 Å². The van der Waals surface area contributed by atoms with E-state index in [9.17, 15) is 18.7 Å². The van der Waals surface area contributed by atoms with Crippen LogP contribution in [-0.2, 0) is 12.3 Å². The molecule has 2 aromatic rings. The molecule has 0 saturated carbocycles. The van der Waals surface area contributed by atoms with Crippen LogP contribution < -0.4 is 0 Å². The first-order chi connectivity index (χ1) is 14.5. The second-order valence-corrected chi connectivity index (χ2v) is 8.12. The molecule has 162 valence electrons. The zero-order valence-corrected chi connectivity index (χ0v) is 17.3. The average Bonchev–Trinajstić information content (AvgIpc) is 3.39. The maximum absolute atomic E-state index is 14.4. The molecule has 7 nitrogen and oxygen atoms in total. The number of aliphatic hydroxyl groups is 1. The number of alkyl halides is 2. The number of amides is 1. The molecule has 1 aromatic heterocycles. The summed E-state index contributed by atoms with van der Waals surface area (Å²) < 4.78 is 28.8. The summed E-state index contributed by atoms with van der Waals surface area (Å²) in [7, 11) is 0. The van der Waals surface area contributed by atoms with Crippen molar-refractivity contribution in [3.63, 3.8) is 0 Å². The fraction of sp³-hybridized carbons (Fsp3) is 0.500. The lowest BCUT2D eigenvalue weighted by atomic mass is 10.0. The van der Waals surface area contributed by atoms with Gasteiger partial charge in [0.05, 0.1) is 6.04 Å². The highest BCUT2D eigenvalue weighted by molar-refractivity contribution is 8.13. The molecule has 1 fully saturated rings. The van der Waals surface area contributed by atoms with Crippen molar-refractivity contribution >= 4 is 17.0 Å². The number of benzene rings is 1. The zero-order valence-electron chi connectivity index (χ0n) is 16.5. The standard InChI is InChI=1S/C20H25F2N5O2S/c21-20(22,15-8-4-3-5-9-15)17(28)12-11-16-14-30-19(29)27(16)13-7-2-1-6-10-18-23-25-26-24-18/h3-5,8-9,11-12,16-17,28H,1-2,6-7,10,13-14H2,(H,23,24,25,26)/b12-11+. The topological polar surface area (TPSA) is 95.0 Å². The van der Waals surface area contributed by atoms with Crippen LogP contribution in [0.15, 0.2) is 42.5 Å². The van der Waals surface area contributed by atoms with Crippen LogP contribution in [0.2, 0.25) is 0 Å². The molecule has 1 aliphatic rings. The predicted octanol–water partition coefficient (Wildman–Crippen LogP) is 3.55. The lowest BCUT2D eigenvalue weighted by molar-refractivity contribution is -0.0929. The number of rotatable bonds is 11. The Morgan fingerprint density at radius 3 is 2.77 bits per heavy atom. The van der Waals surface area contributed by atoms with Crippen molar-refractivity contribution in [1.82, 2.24) is 25.5 Å². The van der Waals surface area contributed by atoms with Crippen molar-refractivity contribution in [3.05, 3.63) is 53.9 Å². The maximum atomic E-state index is 14.4. The van der Waals surface area contributed by atoms with Crippen LogP contribution in [0, 0.1) is 0 Å². The third-order valence-corrected chi connectivity index (χ3v) is 5.99. The van der Waals surface area contributed by atoms with Gasteiger partial charge in [-0.1, -0.05) is 72.3 Å². The van der Waals surface area contributed by atoms with Gasteiger partial charge >= 0.3 is 5.92 Å². The van der Waals surface area contributed by atoms with Gasteiger partial charge in [0.25, 0.3) is 5.24 Å². The van der Waals surface area contributed by atoms with Gasteiger partial charge in [-0.15, -0.1) is 10.2 Å². The van der Waals surface area contributed by atoms with Crippen LogP contribution in [0.1, 0.15) is 37.1 Å². The van der Waals surface area contributed by atoms with Gasteiger partial charge in [0.1, 0.15) is 6.10 Å². The van der Waals surface area contributed by atoms with Crippen LogP contribution in [0.25, 0.3) is 0 Å². The predicted molar refractivity (Wildman–Crippen MR) is 110 cm³/mol. The number of aryl methyl sites for hydroxylation is 1. The fourth-order valence-corrected chi connectivity index (χ4v) is 4.27. The number of hydrogen-bond donors (Lipinski definition) is 2. The molecule has 10 heteroatoms. The molecule has 0 radical (unpaired) electrons. The second kappa shape index (κ2) is 10.6. The quantitative estimate of drug-likeness (QED) is 0.412. The van der Waals surface area contributed by atoms with E-state index in [1.54, 1.807) is 11.0 Å². The summed E-state index contributed by atoms with van der Waals surface area (Å²) in [6.07, 6.45) is 5.12. The Bertz CT molecular complexity index is 820. The lowest BCUT2D eigenvalue weighted by Gasteiger charge is -2.23. The first kappa shape index (κ1) is 22.4. The summed E-state index contributed by atoms with van der Waals surface area (Å²) in [5.41, 5.74) is -0.239. The van der Waals surface area contributed by atoms with Crippen LogP contribution in [0.4, 0.5) is 13.6 Å². The Labute approximate surface area is 177 Å². The molecular weight excluding hydrogens is 412 g/mol. The van der Waals surface area contributed by atoms with Crippen LogP contribution in [-0.4, -0.2) is 60.3 Å². The molecule has 0 bridgehead atoms. The van der Waals surface area contributed by atoms with Crippen molar-refractivity contribution in [2.45, 2.75) is 50.2 Å². The van der Waals surface area contributed by atoms with Gasteiger partial charge in [0.2, 0.25) is 0 Å². The molecule has 1 amide bonds. The number of halogens is 2. The van der Waals surface area contributed by atoms with E-state index in [0.29, 0.717) is 18.1 Å². The molecule has 2 atom stereocenters. The molecule has 3 rings (SSSR count). The molecule has 2 heterocycles. The van der Waals surface area contributed by atoms with Crippen LogP contribution >= 0.6 is 11.8 Å². The van der Waals surface area contributed by atoms with Gasteiger partial charge in [0, 0.05) is 24.3 Å². The Morgan fingerprint density at radius 1 is 1.27 bits per heavy atom. The van der Waals surface area contributed by atoms with E-state index in [1.807, 2.05) is 0 Å². The number of nitrogens with one attached hydrogen (secondary N) is 1. The number of carbonyl (C=O) groups is 1. The second-order valence-electron chi connectivity index (χ2n) is 7.15. The normalized spacial score (nSPS) is 18.4. The van der Waals surface area contributed by atoms with E-state index in [1.165, 1.54) is 42.1 Å². The minimum Gasteiger partial charge on any atom is -0.382 e. The van der Waals surface area contributed by atoms with Crippen LogP contribution in [0.5, 0.6) is 0 Å². The summed E-state index contributed by atoms with van der Waals surface area (Å²) >= 11 is 1.18. The Kier molecular flexibility index (Phi) is 7.92. The fourth-order valence-electron chi connectivity index (χ4n) is 3.27. The number of unbranched alkanes of at least 4 members (excludes halogenated alkanes) is 3. The Morgan fingerprint density at radius 2 is 2.03 bits per heavy atom. The van der Waals surface area contributed by atoms with Crippen molar-refractivity contribution in [1.29, 1.82) is 0 Å². The maximum Gasteiger partial charge on any atom is 0.302 e. The molecule has 0 spiro atoms. The summed E-state index contributed by atoms with van der Waals surface area (Å²) in [6.45, 7) is 0.564. The molecule has 2 unspecified atom stereocenters. The molecular formula is C20H25F2N5O2S. The third kappa shape index (κ3) is 5.85. The molecule has 1 saturated heterocycles. The number of carbonyl (C=O) groups excluding carboxylic acids is 1. The van der Waals surface area contributed by atoms with Gasteiger partial charge < -0.3 is 10.0 Å². The van der Waals surface area contributed by atoms with Gasteiger partial charge in [-0.2, -0.15) is 14.0 Å². The smallest absolute Gasteiger partial charge is 0.302 e. The van der Waals surface area contributed by atoms with Crippen molar-refractivity contribution in [2.24, 2.45) is 0 Å². The third-order valence-electron chi connectivity index (χ3n) is 5.00. The molecule has 1 aromatic carbocycles.